The van der Waals surface area contributed by atoms with Crippen LogP contribution in [-0.4, -0.2) is 30.5 Å². The fourth-order valence-corrected chi connectivity index (χ4v) is 3.95. The minimum atomic E-state index is 0.00682. The maximum Gasteiger partial charge on any atom is 0.0337 e. The highest BCUT2D eigenvalue weighted by atomic mass is 31.1. The topological polar surface area (TPSA) is 15.3 Å². The van der Waals surface area contributed by atoms with Gasteiger partial charge in [0.15, 0.2) is 0 Å². The second-order valence-corrected chi connectivity index (χ2v) is 5.62. The fourth-order valence-electron chi connectivity index (χ4n) is 2.26. The van der Waals surface area contributed by atoms with E-state index in [9.17, 15) is 0 Å². The summed E-state index contributed by atoms with van der Waals surface area (Å²) in [5, 5.41) is 3.70. The summed E-state index contributed by atoms with van der Waals surface area (Å²) < 4.78 is 2.55. The van der Waals surface area contributed by atoms with E-state index in [4.69, 9.17) is 0 Å². The van der Waals surface area contributed by atoms with Crippen molar-refractivity contribution >= 4 is 8.22 Å². The van der Waals surface area contributed by atoms with Crippen LogP contribution in [0, 0.1) is 0 Å². The Labute approximate surface area is 70.2 Å². The summed E-state index contributed by atoms with van der Waals surface area (Å²) in [6, 6.07) is 1.68. The third-order valence-electron chi connectivity index (χ3n) is 3.04. The first-order valence-corrected chi connectivity index (χ1v) is 6.26. The number of rotatable bonds is 0. The summed E-state index contributed by atoms with van der Waals surface area (Å²) >= 11 is 0. The fraction of sp³-hybridized carbons (Fsp3) is 1.00. The van der Waals surface area contributed by atoms with E-state index in [0.717, 1.165) is 12.1 Å². The van der Waals surface area contributed by atoms with E-state index < -0.39 is 0 Å². The van der Waals surface area contributed by atoms with Gasteiger partial charge >= 0.3 is 0 Å². The molecule has 0 bridgehead atoms. The Balaban J connectivity index is 2.05. The largest absolute Gasteiger partial charge is 0.279 e. The van der Waals surface area contributed by atoms with Gasteiger partial charge in [-0.05, 0) is 26.6 Å². The monoisotopic (exact) mass is 172 g/mol. The molecule has 64 valence electrons. The Kier molecular flexibility index (Phi) is 2.18. The predicted molar refractivity (Wildman–Crippen MR) is 49.8 cm³/mol. The molecule has 0 amide bonds. The maximum absolute atomic E-state index is 3.70. The number of hydrogen-bond acceptors (Lipinski definition) is 2. The second-order valence-electron chi connectivity index (χ2n) is 3.68. The SMILES string of the molecule is CN1C2CCCCC2NP1C. The summed E-state index contributed by atoms with van der Waals surface area (Å²) in [7, 11) is 2.28. The number of hydrogen-bond donors (Lipinski definition) is 1. The molecule has 11 heavy (non-hydrogen) atoms. The van der Waals surface area contributed by atoms with Crippen molar-refractivity contribution in [2.45, 2.75) is 37.8 Å². The average molecular weight is 172 g/mol. The Morgan fingerprint density at radius 1 is 1.36 bits per heavy atom. The summed E-state index contributed by atoms with van der Waals surface area (Å²) in [5.41, 5.74) is 0. The molecule has 0 aromatic rings. The first kappa shape index (κ1) is 7.97. The molecule has 2 nitrogen and oxygen atoms in total. The zero-order valence-corrected chi connectivity index (χ0v) is 8.27. The van der Waals surface area contributed by atoms with Crippen LogP contribution in [0.1, 0.15) is 25.7 Å². The van der Waals surface area contributed by atoms with Crippen molar-refractivity contribution in [1.29, 1.82) is 0 Å². The second kappa shape index (κ2) is 3.01. The first-order valence-electron chi connectivity index (χ1n) is 4.51. The van der Waals surface area contributed by atoms with Gasteiger partial charge in [-0.3, -0.25) is 9.76 Å². The van der Waals surface area contributed by atoms with Gasteiger partial charge in [0.2, 0.25) is 0 Å². The minimum absolute atomic E-state index is 0.00682. The van der Waals surface area contributed by atoms with Gasteiger partial charge in [0.1, 0.15) is 0 Å². The van der Waals surface area contributed by atoms with E-state index in [1.165, 1.54) is 25.7 Å². The van der Waals surface area contributed by atoms with Crippen LogP contribution in [0.15, 0.2) is 0 Å². The zero-order chi connectivity index (χ0) is 7.84. The van der Waals surface area contributed by atoms with E-state index in [1.807, 2.05) is 0 Å². The Hall–Kier alpha value is 0.350. The highest BCUT2D eigenvalue weighted by molar-refractivity contribution is 7.52. The van der Waals surface area contributed by atoms with Crippen LogP contribution in [0.5, 0.6) is 0 Å². The molecule has 1 aliphatic carbocycles. The van der Waals surface area contributed by atoms with E-state index in [1.54, 1.807) is 0 Å². The van der Waals surface area contributed by atoms with Crippen LogP contribution in [0.3, 0.4) is 0 Å². The zero-order valence-electron chi connectivity index (χ0n) is 7.38. The summed E-state index contributed by atoms with van der Waals surface area (Å²) in [6.45, 7) is 2.33. The molecule has 0 spiro atoms. The van der Waals surface area contributed by atoms with Gasteiger partial charge in [0, 0.05) is 20.3 Å². The number of likely N-dealkylation sites (N-methyl/N-ethyl adjacent to an activating group) is 1. The standard InChI is InChI=1S/C8H17N2P/c1-10-8-6-4-3-5-7(8)9-11(10)2/h7-9H,3-6H2,1-2H3. The Bertz CT molecular complexity index is 151. The van der Waals surface area contributed by atoms with E-state index >= 15 is 0 Å². The molecule has 2 rings (SSSR count). The van der Waals surface area contributed by atoms with Gasteiger partial charge in [0.05, 0.1) is 0 Å². The van der Waals surface area contributed by atoms with Crippen molar-refractivity contribution in [3.05, 3.63) is 0 Å². The van der Waals surface area contributed by atoms with Crippen LogP contribution in [-0.2, 0) is 0 Å². The highest BCUT2D eigenvalue weighted by Gasteiger charge is 2.37. The normalized spacial score (nSPS) is 45.8. The lowest BCUT2D eigenvalue weighted by atomic mass is 9.91. The maximum atomic E-state index is 3.70. The van der Waals surface area contributed by atoms with E-state index in [0.29, 0.717) is 0 Å². The molecule has 1 aliphatic heterocycles. The van der Waals surface area contributed by atoms with E-state index in [2.05, 4.69) is 23.5 Å². The van der Waals surface area contributed by atoms with Crippen LogP contribution in [0.4, 0.5) is 0 Å². The molecular formula is C8H17N2P. The molecule has 2 aliphatic rings. The van der Waals surface area contributed by atoms with Crippen molar-refractivity contribution in [1.82, 2.24) is 9.76 Å². The molecule has 1 N–H and O–H groups in total. The molecule has 0 aromatic carbocycles. The van der Waals surface area contributed by atoms with Gasteiger partial charge in [0.25, 0.3) is 0 Å². The number of fused-ring (bicyclic) bond motifs is 1. The van der Waals surface area contributed by atoms with Crippen molar-refractivity contribution in [2.24, 2.45) is 0 Å². The third kappa shape index (κ3) is 1.32. The van der Waals surface area contributed by atoms with Crippen molar-refractivity contribution in [3.63, 3.8) is 0 Å². The molecule has 3 unspecified atom stereocenters. The molecule has 2 fully saturated rings. The quantitative estimate of drug-likeness (QED) is 0.560. The molecule has 0 aromatic heterocycles. The minimum Gasteiger partial charge on any atom is -0.279 e. The molecular weight excluding hydrogens is 155 g/mol. The number of nitrogens with zero attached hydrogens (tertiary/aromatic N) is 1. The average Bonchev–Trinajstić information content (AvgIpc) is 2.30. The lowest BCUT2D eigenvalue weighted by Gasteiger charge is -2.28. The third-order valence-corrected chi connectivity index (χ3v) is 4.98. The van der Waals surface area contributed by atoms with Crippen LogP contribution < -0.4 is 5.09 Å². The Morgan fingerprint density at radius 2 is 2.09 bits per heavy atom. The molecule has 0 radical (unpaired) electrons. The summed E-state index contributed by atoms with van der Waals surface area (Å²) in [5.74, 6) is 0. The Morgan fingerprint density at radius 3 is 2.82 bits per heavy atom. The van der Waals surface area contributed by atoms with Crippen molar-refractivity contribution in [2.75, 3.05) is 13.7 Å². The lowest BCUT2D eigenvalue weighted by molar-refractivity contribution is 0.284. The van der Waals surface area contributed by atoms with Crippen molar-refractivity contribution < 1.29 is 0 Å². The highest BCUT2D eigenvalue weighted by Crippen LogP contribution is 2.44. The van der Waals surface area contributed by atoms with E-state index in [-0.39, 0.29) is 8.22 Å². The van der Waals surface area contributed by atoms with Crippen molar-refractivity contribution in [3.8, 4) is 0 Å². The molecule has 3 heteroatoms. The molecule has 1 saturated heterocycles. The van der Waals surface area contributed by atoms with Gasteiger partial charge < -0.3 is 0 Å². The summed E-state index contributed by atoms with van der Waals surface area (Å²) in [6.07, 6.45) is 5.70. The molecule has 1 heterocycles. The lowest BCUT2D eigenvalue weighted by Crippen LogP contribution is -2.36. The van der Waals surface area contributed by atoms with Gasteiger partial charge in [-0.25, -0.2) is 0 Å². The smallest absolute Gasteiger partial charge is 0.0337 e. The predicted octanol–water partition coefficient (Wildman–Crippen LogP) is 1.77. The summed E-state index contributed by atoms with van der Waals surface area (Å²) in [4.78, 5) is 0. The van der Waals surface area contributed by atoms with Crippen LogP contribution >= 0.6 is 8.22 Å². The van der Waals surface area contributed by atoms with Gasteiger partial charge in [-0.15, -0.1) is 0 Å². The van der Waals surface area contributed by atoms with Gasteiger partial charge in [-0.2, -0.15) is 0 Å². The molecule has 3 atom stereocenters. The van der Waals surface area contributed by atoms with Crippen LogP contribution in [0.2, 0.25) is 0 Å². The number of nitrogens with one attached hydrogen (secondary N) is 1. The van der Waals surface area contributed by atoms with Gasteiger partial charge in [-0.1, -0.05) is 12.8 Å². The van der Waals surface area contributed by atoms with Crippen LogP contribution in [0.25, 0.3) is 0 Å². The first-order chi connectivity index (χ1) is 5.29. The molecule has 1 saturated carbocycles.